The molecule has 0 bridgehead atoms. The minimum absolute atomic E-state index is 0.175. The average Bonchev–Trinajstić information content (AvgIpc) is 2.79. The van der Waals surface area contributed by atoms with Crippen LogP contribution in [0.3, 0.4) is 0 Å². The van der Waals surface area contributed by atoms with Crippen molar-refractivity contribution in [1.29, 1.82) is 0 Å². The quantitative estimate of drug-likeness (QED) is 0.814. The van der Waals surface area contributed by atoms with E-state index < -0.39 is 6.09 Å². The van der Waals surface area contributed by atoms with Gasteiger partial charge in [-0.25, -0.2) is 9.78 Å². The van der Waals surface area contributed by atoms with Gasteiger partial charge in [0.1, 0.15) is 11.4 Å². The van der Waals surface area contributed by atoms with Crippen LogP contribution in [0, 0.1) is 0 Å². The van der Waals surface area contributed by atoms with Gasteiger partial charge in [-0.1, -0.05) is 12.1 Å². The van der Waals surface area contributed by atoms with E-state index in [-0.39, 0.29) is 12.5 Å². The number of nitrogens with zero attached hydrogens (tertiary/aromatic N) is 5. The first-order valence-electron chi connectivity index (χ1n) is 9.07. The SMILES string of the molecule is CCNc1ncc2c(n1)N(C)CCN(c1cccc(CN(C)C(=O)O)c1)C2=O. The number of anilines is 3. The second-order valence-corrected chi connectivity index (χ2v) is 6.65. The summed E-state index contributed by atoms with van der Waals surface area (Å²) in [5.41, 5.74) is 1.97. The molecule has 2 heterocycles. The van der Waals surface area contributed by atoms with Crippen molar-refractivity contribution in [3.05, 3.63) is 41.6 Å². The molecule has 0 radical (unpaired) electrons. The van der Waals surface area contributed by atoms with Crippen LogP contribution in [0.4, 0.5) is 22.2 Å². The monoisotopic (exact) mass is 384 g/mol. The lowest BCUT2D eigenvalue weighted by atomic mass is 10.1. The van der Waals surface area contributed by atoms with Crippen LogP contribution in [0.25, 0.3) is 0 Å². The molecular formula is C19H24N6O3. The molecule has 0 saturated heterocycles. The van der Waals surface area contributed by atoms with E-state index in [0.717, 1.165) is 11.3 Å². The molecular weight excluding hydrogens is 360 g/mol. The number of carbonyl (C=O) groups is 2. The van der Waals surface area contributed by atoms with Crippen LogP contribution >= 0.6 is 0 Å². The largest absolute Gasteiger partial charge is 0.465 e. The Balaban J connectivity index is 1.91. The van der Waals surface area contributed by atoms with Crippen molar-refractivity contribution in [2.24, 2.45) is 0 Å². The number of nitrogens with one attached hydrogen (secondary N) is 1. The van der Waals surface area contributed by atoms with E-state index in [1.54, 1.807) is 11.1 Å². The molecule has 0 saturated carbocycles. The van der Waals surface area contributed by atoms with Gasteiger partial charge in [-0.2, -0.15) is 4.98 Å². The van der Waals surface area contributed by atoms with Gasteiger partial charge in [0.2, 0.25) is 5.95 Å². The zero-order valence-corrected chi connectivity index (χ0v) is 16.2. The van der Waals surface area contributed by atoms with Crippen molar-refractivity contribution in [3.63, 3.8) is 0 Å². The van der Waals surface area contributed by atoms with Crippen LogP contribution in [0.2, 0.25) is 0 Å². The van der Waals surface area contributed by atoms with E-state index in [1.807, 2.05) is 43.1 Å². The van der Waals surface area contributed by atoms with E-state index in [1.165, 1.54) is 11.9 Å². The summed E-state index contributed by atoms with van der Waals surface area (Å²) in [6.45, 7) is 4.00. The van der Waals surface area contributed by atoms with Crippen molar-refractivity contribution in [2.75, 3.05) is 48.8 Å². The molecule has 1 aliphatic heterocycles. The van der Waals surface area contributed by atoms with E-state index >= 15 is 0 Å². The number of aromatic nitrogens is 2. The fourth-order valence-corrected chi connectivity index (χ4v) is 3.07. The first kappa shape index (κ1) is 19.4. The van der Waals surface area contributed by atoms with Crippen LogP contribution in [-0.4, -0.2) is 65.7 Å². The highest BCUT2D eigenvalue weighted by atomic mass is 16.4. The number of carbonyl (C=O) groups excluding carboxylic acids is 1. The lowest BCUT2D eigenvalue weighted by Crippen LogP contribution is -2.34. The van der Waals surface area contributed by atoms with Crippen LogP contribution in [-0.2, 0) is 6.54 Å². The number of fused-ring (bicyclic) bond motifs is 1. The molecule has 0 unspecified atom stereocenters. The number of hydrogen-bond acceptors (Lipinski definition) is 6. The molecule has 0 spiro atoms. The minimum atomic E-state index is -1.000. The second kappa shape index (κ2) is 8.12. The van der Waals surface area contributed by atoms with Crippen LogP contribution in [0.5, 0.6) is 0 Å². The summed E-state index contributed by atoms with van der Waals surface area (Å²) in [5, 5.41) is 12.1. The number of amides is 2. The minimum Gasteiger partial charge on any atom is -0.465 e. The Hall–Kier alpha value is -3.36. The summed E-state index contributed by atoms with van der Waals surface area (Å²) in [7, 11) is 3.41. The maximum Gasteiger partial charge on any atom is 0.407 e. The van der Waals surface area contributed by atoms with Gasteiger partial charge in [0.05, 0.1) is 0 Å². The zero-order valence-electron chi connectivity index (χ0n) is 16.2. The predicted molar refractivity (Wildman–Crippen MR) is 107 cm³/mol. The Bertz CT molecular complexity index is 888. The molecule has 1 aromatic carbocycles. The van der Waals surface area contributed by atoms with Crippen molar-refractivity contribution in [3.8, 4) is 0 Å². The second-order valence-electron chi connectivity index (χ2n) is 6.65. The topological polar surface area (TPSA) is 102 Å². The van der Waals surface area contributed by atoms with Crippen LogP contribution in [0.1, 0.15) is 22.8 Å². The summed E-state index contributed by atoms with van der Waals surface area (Å²) >= 11 is 0. The molecule has 3 rings (SSSR count). The lowest BCUT2D eigenvalue weighted by molar-refractivity contribution is 0.0989. The average molecular weight is 384 g/mol. The molecule has 28 heavy (non-hydrogen) atoms. The molecule has 1 aliphatic rings. The first-order valence-corrected chi connectivity index (χ1v) is 9.07. The van der Waals surface area contributed by atoms with E-state index in [0.29, 0.717) is 37.0 Å². The van der Waals surface area contributed by atoms with Crippen molar-refractivity contribution < 1.29 is 14.7 Å². The van der Waals surface area contributed by atoms with Gasteiger partial charge in [-0.3, -0.25) is 4.79 Å². The summed E-state index contributed by atoms with van der Waals surface area (Å²) < 4.78 is 0. The smallest absolute Gasteiger partial charge is 0.407 e. The molecule has 2 amide bonds. The standard InChI is InChI=1S/C19H24N6O3/c1-4-20-18-21-11-15-16(22-18)23(2)8-9-25(17(15)26)14-7-5-6-13(10-14)12-24(3)19(27)28/h5-7,10-11H,4,8-9,12H2,1-3H3,(H,27,28)(H,20,21,22). The van der Waals surface area contributed by atoms with Crippen molar-refractivity contribution in [2.45, 2.75) is 13.5 Å². The Kier molecular flexibility index (Phi) is 5.62. The molecule has 0 atom stereocenters. The third kappa shape index (κ3) is 3.98. The van der Waals surface area contributed by atoms with Crippen molar-refractivity contribution >= 4 is 29.5 Å². The number of rotatable bonds is 5. The zero-order chi connectivity index (χ0) is 20.3. The fourth-order valence-electron chi connectivity index (χ4n) is 3.07. The van der Waals surface area contributed by atoms with Gasteiger partial charge in [-0.15, -0.1) is 0 Å². The maximum absolute atomic E-state index is 13.2. The number of likely N-dealkylation sites (N-methyl/N-ethyl adjacent to an activating group) is 1. The highest BCUT2D eigenvalue weighted by molar-refractivity contribution is 6.09. The van der Waals surface area contributed by atoms with Gasteiger partial charge in [0.15, 0.2) is 0 Å². The van der Waals surface area contributed by atoms with E-state index in [2.05, 4.69) is 15.3 Å². The summed E-state index contributed by atoms with van der Waals surface area (Å²) in [4.78, 5) is 37.8. The Morgan fingerprint density at radius 1 is 1.36 bits per heavy atom. The van der Waals surface area contributed by atoms with Gasteiger partial charge < -0.3 is 25.1 Å². The Labute approximate surface area is 163 Å². The normalized spacial score (nSPS) is 13.8. The van der Waals surface area contributed by atoms with Crippen LogP contribution in [0.15, 0.2) is 30.5 Å². The molecule has 9 nitrogen and oxygen atoms in total. The molecule has 0 fully saturated rings. The lowest BCUT2D eigenvalue weighted by Gasteiger charge is -2.22. The Morgan fingerprint density at radius 3 is 2.86 bits per heavy atom. The van der Waals surface area contributed by atoms with Gasteiger partial charge >= 0.3 is 6.09 Å². The van der Waals surface area contributed by atoms with Gasteiger partial charge in [-0.05, 0) is 24.6 Å². The van der Waals surface area contributed by atoms with Crippen molar-refractivity contribution in [1.82, 2.24) is 14.9 Å². The third-order valence-electron chi connectivity index (χ3n) is 4.57. The number of carboxylic acid groups (broad SMARTS) is 1. The maximum atomic E-state index is 13.2. The highest BCUT2D eigenvalue weighted by Gasteiger charge is 2.28. The summed E-state index contributed by atoms with van der Waals surface area (Å²) in [6.07, 6.45) is 0.556. The molecule has 9 heteroatoms. The third-order valence-corrected chi connectivity index (χ3v) is 4.57. The number of hydrogen-bond donors (Lipinski definition) is 2. The molecule has 2 aromatic rings. The highest BCUT2D eigenvalue weighted by Crippen LogP contribution is 2.27. The Morgan fingerprint density at radius 2 is 2.14 bits per heavy atom. The summed E-state index contributed by atoms with van der Waals surface area (Å²) in [5.74, 6) is 0.916. The van der Waals surface area contributed by atoms with Gasteiger partial charge in [0.25, 0.3) is 5.91 Å². The van der Waals surface area contributed by atoms with Crippen LogP contribution < -0.4 is 15.1 Å². The molecule has 0 aliphatic carbocycles. The number of benzene rings is 1. The van der Waals surface area contributed by atoms with E-state index in [9.17, 15) is 9.59 Å². The summed E-state index contributed by atoms with van der Waals surface area (Å²) in [6, 6.07) is 7.36. The fraction of sp³-hybridized carbons (Fsp3) is 0.368. The first-order chi connectivity index (χ1) is 13.4. The molecule has 148 valence electrons. The van der Waals surface area contributed by atoms with E-state index in [4.69, 9.17) is 5.11 Å². The predicted octanol–water partition coefficient (Wildman–Crippen LogP) is 2.11. The molecule has 1 aromatic heterocycles. The molecule has 2 N–H and O–H groups in total. The van der Waals surface area contributed by atoms with Gasteiger partial charge in [0, 0.05) is 52.2 Å².